The van der Waals surface area contributed by atoms with Gasteiger partial charge >= 0.3 is 0 Å². The number of hydrogen-bond acceptors (Lipinski definition) is 5. The number of hydrogen-bond donors (Lipinski definition) is 1. The van der Waals surface area contributed by atoms with Crippen LogP contribution in [0.2, 0.25) is 0 Å². The Balaban J connectivity index is 1.05. The Morgan fingerprint density at radius 1 is 1.24 bits per heavy atom. The average molecular weight is 414 g/mol. The van der Waals surface area contributed by atoms with Crippen LogP contribution in [0.15, 0.2) is 24.3 Å². The molecule has 1 aromatic heterocycles. The summed E-state index contributed by atoms with van der Waals surface area (Å²) < 4.78 is 7.20. The van der Waals surface area contributed by atoms with Crippen molar-refractivity contribution in [2.75, 3.05) is 26.2 Å². The SMILES string of the molecule is O=C(CC1COC2(C1)CN(C(=O)CCc1nc3ccccc3s1)C2)NCC1CC1. The van der Waals surface area contributed by atoms with Crippen LogP contribution in [0.3, 0.4) is 0 Å². The maximum Gasteiger partial charge on any atom is 0.223 e. The monoisotopic (exact) mass is 413 g/mol. The van der Waals surface area contributed by atoms with E-state index in [0.29, 0.717) is 44.9 Å². The molecule has 154 valence electrons. The van der Waals surface area contributed by atoms with Gasteiger partial charge < -0.3 is 15.0 Å². The molecule has 3 aliphatic rings. The minimum atomic E-state index is -0.215. The molecule has 3 heterocycles. The van der Waals surface area contributed by atoms with Gasteiger partial charge in [-0.2, -0.15) is 0 Å². The molecule has 3 fully saturated rings. The van der Waals surface area contributed by atoms with Gasteiger partial charge in [0.05, 0.1) is 34.9 Å². The smallest absolute Gasteiger partial charge is 0.223 e. The molecule has 1 saturated carbocycles. The van der Waals surface area contributed by atoms with Crippen LogP contribution < -0.4 is 5.32 Å². The van der Waals surface area contributed by atoms with Gasteiger partial charge in [0, 0.05) is 25.8 Å². The molecule has 1 N–H and O–H groups in total. The number of amides is 2. The second kappa shape index (κ2) is 7.69. The molecule has 6 nitrogen and oxygen atoms in total. The van der Waals surface area contributed by atoms with Crippen LogP contribution in [-0.4, -0.2) is 53.5 Å². The van der Waals surface area contributed by atoms with Gasteiger partial charge in [0.15, 0.2) is 0 Å². The molecule has 1 aromatic carbocycles. The lowest BCUT2D eigenvalue weighted by Gasteiger charge is -2.47. The zero-order valence-electron chi connectivity index (χ0n) is 16.6. The van der Waals surface area contributed by atoms with E-state index >= 15 is 0 Å². The number of benzene rings is 1. The van der Waals surface area contributed by atoms with Crippen LogP contribution in [-0.2, 0) is 20.7 Å². The van der Waals surface area contributed by atoms with Gasteiger partial charge in [-0.25, -0.2) is 4.98 Å². The first-order valence-corrected chi connectivity index (χ1v) is 11.4. The van der Waals surface area contributed by atoms with Crippen molar-refractivity contribution >= 4 is 33.4 Å². The van der Waals surface area contributed by atoms with E-state index in [1.165, 1.54) is 17.5 Å². The number of thiazole rings is 1. The predicted molar refractivity (Wildman–Crippen MR) is 112 cm³/mol. The van der Waals surface area contributed by atoms with Crippen LogP contribution in [0.25, 0.3) is 10.2 Å². The van der Waals surface area contributed by atoms with Crippen molar-refractivity contribution in [1.82, 2.24) is 15.2 Å². The van der Waals surface area contributed by atoms with Crippen LogP contribution in [0.5, 0.6) is 0 Å². The molecule has 2 saturated heterocycles. The Morgan fingerprint density at radius 3 is 2.86 bits per heavy atom. The lowest BCUT2D eigenvalue weighted by atomic mass is 9.85. The molecule has 5 rings (SSSR count). The Labute approximate surface area is 174 Å². The molecule has 1 aliphatic carbocycles. The minimum Gasteiger partial charge on any atom is -0.371 e. The highest BCUT2D eigenvalue weighted by atomic mass is 32.1. The van der Waals surface area contributed by atoms with E-state index < -0.39 is 0 Å². The third kappa shape index (κ3) is 4.31. The summed E-state index contributed by atoms with van der Waals surface area (Å²) in [4.78, 5) is 31.1. The second-order valence-corrected chi connectivity index (χ2v) is 9.96. The maximum absolute atomic E-state index is 12.6. The number of aromatic nitrogens is 1. The number of para-hydroxylation sites is 1. The van der Waals surface area contributed by atoms with Gasteiger partial charge in [-0.05, 0) is 43.2 Å². The van der Waals surface area contributed by atoms with Crippen molar-refractivity contribution in [1.29, 1.82) is 0 Å². The summed E-state index contributed by atoms with van der Waals surface area (Å²) in [6.07, 6.45) is 5.10. The van der Waals surface area contributed by atoms with Gasteiger partial charge in [0.2, 0.25) is 11.8 Å². The number of carbonyl (C=O) groups excluding carboxylic acids is 2. The van der Waals surface area contributed by atoms with Gasteiger partial charge in [-0.3, -0.25) is 9.59 Å². The number of nitrogens with one attached hydrogen (secondary N) is 1. The van der Waals surface area contributed by atoms with Crippen molar-refractivity contribution in [2.45, 2.75) is 44.1 Å². The molecular formula is C22H27N3O3S. The number of nitrogens with zero attached hydrogens (tertiary/aromatic N) is 2. The number of rotatable bonds is 7. The highest BCUT2D eigenvalue weighted by Gasteiger charge is 2.51. The largest absolute Gasteiger partial charge is 0.371 e. The topological polar surface area (TPSA) is 71.5 Å². The number of ether oxygens (including phenoxy) is 1. The third-order valence-corrected chi connectivity index (χ3v) is 7.34. The Kier molecular flexibility index (Phi) is 5.04. The second-order valence-electron chi connectivity index (χ2n) is 8.84. The van der Waals surface area contributed by atoms with Crippen LogP contribution >= 0.6 is 11.3 Å². The van der Waals surface area contributed by atoms with Gasteiger partial charge in [0.25, 0.3) is 0 Å². The van der Waals surface area contributed by atoms with Gasteiger partial charge in [0.1, 0.15) is 5.60 Å². The lowest BCUT2D eigenvalue weighted by molar-refractivity contribution is -0.157. The fourth-order valence-corrected chi connectivity index (χ4v) is 5.40. The van der Waals surface area contributed by atoms with Crippen LogP contribution in [0.1, 0.15) is 37.1 Å². The van der Waals surface area contributed by atoms with Gasteiger partial charge in [-0.15, -0.1) is 11.3 Å². The zero-order chi connectivity index (χ0) is 19.8. The molecular weight excluding hydrogens is 386 g/mol. The van der Waals surface area contributed by atoms with Crippen LogP contribution in [0, 0.1) is 11.8 Å². The van der Waals surface area contributed by atoms with Crippen molar-refractivity contribution in [3.8, 4) is 0 Å². The highest BCUT2D eigenvalue weighted by molar-refractivity contribution is 7.18. The Morgan fingerprint density at radius 2 is 2.07 bits per heavy atom. The standard InChI is InChI=1S/C22H27N3O3S/c26-19(23-11-15-5-6-15)9-16-10-22(28-12-16)13-25(14-22)21(27)8-7-20-24-17-3-1-2-4-18(17)29-20/h1-4,15-16H,5-14H2,(H,23,26). The first kappa shape index (κ1) is 19.0. The summed E-state index contributed by atoms with van der Waals surface area (Å²) in [6.45, 7) is 2.77. The van der Waals surface area contributed by atoms with E-state index in [1.54, 1.807) is 11.3 Å². The number of aryl methyl sites for hydroxylation is 1. The summed E-state index contributed by atoms with van der Waals surface area (Å²) in [5, 5.41) is 4.06. The molecule has 0 bridgehead atoms. The van der Waals surface area contributed by atoms with Crippen molar-refractivity contribution in [3.63, 3.8) is 0 Å². The van der Waals surface area contributed by atoms with E-state index in [0.717, 1.165) is 23.5 Å². The molecule has 2 amide bonds. The quantitative estimate of drug-likeness (QED) is 0.758. The third-order valence-electron chi connectivity index (χ3n) is 6.25. The van der Waals surface area contributed by atoms with Crippen LogP contribution in [0.4, 0.5) is 0 Å². The summed E-state index contributed by atoms with van der Waals surface area (Å²) in [6, 6.07) is 8.08. The maximum atomic E-state index is 12.6. The lowest BCUT2D eigenvalue weighted by Crippen LogP contribution is -2.63. The highest BCUT2D eigenvalue weighted by Crippen LogP contribution is 2.39. The predicted octanol–water partition coefficient (Wildman–Crippen LogP) is 2.76. The molecule has 1 spiro atoms. The fourth-order valence-electron chi connectivity index (χ4n) is 4.43. The van der Waals surface area contributed by atoms with E-state index in [4.69, 9.17) is 4.74 Å². The first-order valence-electron chi connectivity index (χ1n) is 10.6. The number of likely N-dealkylation sites (tertiary alicyclic amines) is 1. The molecule has 2 aliphatic heterocycles. The fraction of sp³-hybridized carbons (Fsp3) is 0.591. The first-order chi connectivity index (χ1) is 14.1. The Bertz CT molecular complexity index is 884. The molecule has 0 radical (unpaired) electrons. The summed E-state index contributed by atoms with van der Waals surface area (Å²) >= 11 is 1.67. The molecule has 29 heavy (non-hydrogen) atoms. The Hall–Kier alpha value is -1.99. The summed E-state index contributed by atoms with van der Waals surface area (Å²) in [5.74, 6) is 1.29. The van der Waals surface area contributed by atoms with E-state index in [1.807, 2.05) is 23.1 Å². The summed E-state index contributed by atoms with van der Waals surface area (Å²) in [7, 11) is 0. The zero-order valence-corrected chi connectivity index (χ0v) is 17.4. The van der Waals surface area contributed by atoms with Crippen molar-refractivity contribution in [2.24, 2.45) is 11.8 Å². The molecule has 7 heteroatoms. The van der Waals surface area contributed by atoms with E-state index in [2.05, 4.69) is 16.4 Å². The molecule has 1 unspecified atom stereocenters. The summed E-state index contributed by atoms with van der Waals surface area (Å²) in [5.41, 5.74) is 0.793. The van der Waals surface area contributed by atoms with Gasteiger partial charge in [-0.1, -0.05) is 12.1 Å². The van der Waals surface area contributed by atoms with Crippen molar-refractivity contribution in [3.05, 3.63) is 29.3 Å². The van der Waals surface area contributed by atoms with E-state index in [9.17, 15) is 9.59 Å². The molecule has 1 atom stereocenters. The molecule has 2 aromatic rings. The minimum absolute atomic E-state index is 0.144. The van der Waals surface area contributed by atoms with E-state index in [-0.39, 0.29) is 23.3 Å². The number of fused-ring (bicyclic) bond motifs is 1. The number of carbonyl (C=O) groups is 2. The normalized spacial score (nSPS) is 22.8. The van der Waals surface area contributed by atoms with Crippen molar-refractivity contribution < 1.29 is 14.3 Å². The average Bonchev–Trinajstić information content (AvgIpc) is 3.27.